The first kappa shape index (κ1) is 21.8. The highest BCUT2D eigenvalue weighted by Crippen LogP contribution is 2.26. The second-order valence-corrected chi connectivity index (χ2v) is 9.35. The molecule has 2 aromatic heterocycles. The molecule has 4 aromatic rings. The van der Waals surface area contributed by atoms with Gasteiger partial charge in [-0.25, -0.2) is 4.98 Å². The number of carbonyl (C=O) groups excluding carboxylic acids is 1. The van der Waals surface area contributed by atoms with Gasteiger partial charge >= 0.3 is 0 Å². The number of halogens is 1. The highest BCUT2D eigenvalue weighted by atomic mass is 35.5. The van der Waals surface area contributed by atoms with Crippen LogP contribution in [0.4, 0.5) is 5.69 Å². The van der Waals surface area contributed by atoms with Gasteiger partial charge in [-0.05, 0) is 30.7 Å². The largest absolute Gasteiger partial charge is 0.497 e. The van der Waals surface area contributed by atoms with Gasteiger partial charge in [0.1, 0.15) is 5.75 Å². The summed E-state index contributed by atoms with van der Waals surface area (Å²) < 4.78 is 7.43. The number of nitrogens with zero attached hydrogens (tertiary/aromatic N) is 4. The molecule has 33 heavy (non-hydrogen) atoms. The lowest BCUT2D eigenvalue weighted by Gasteiger charge is -2.36. The summed E-state index contributed by atoms with van der Waals surface area (Å²) in [5.74, 6) is 1.06. The molecule has 1 saturated heterocycles. The number of carbonyl (C=O) groups is 1. The minimum absolute atomic E-state index is 0.206. The number of thiazole rings is 1. The third kappa shape index (κ3) is 4.70. The second kappa shape index (κ2) is 9.45. The third-order valence-corrected chi connectivity index (χ3v) is 7.21. The van der Waals surface area contributed by atoms with Crippen molar-refractivity contribution in [1.29, 1.82) is 0 Å². The van der Waals surface area contributed by atoms with E-state index in [2.05, 4.69) is 20.7 Å². The average molecular weight is 481 g/mol. The quantitative estimate of drug-likeness (QED) is 0.389. The summed E-state index contributed by atoms with van der Waals surface area (Å²) in [5, 5.41) is 2.81. The molecule has 0 unspecified atom stereocenters. The average Bonchev–Trinajstić information content (AvgIpc) is 3.44. The van der Waals surface area contributed by atoms with Crippen LogP contribution in [0.3, 0.4) is 0 Å². The normalized spacial score (nSPS) is 14.1. The first-order valence-corrected chi connectivity index (χ1v) is 12.2. The predicted octanol–water partition coefficient (Wildman–Crippen LogP) is 5.01. The van der Waals surface area contributed by atoms with Crippen molar-refractivity contribution < 1.29 is 9.53 Å². The van der Waals surface area contributed by atoms with Crippen molar-refractivity contribution in [3.8, 4) is 17.0 Å². The van der Waals surface area contributed by atoms with Gasteiger partial charge < -0.3 is 14.5 Å². The highest BCUT2D eigenvalue weighted by molar-refractivity contribution is 7.15. The molecule has 0 atom stereocenters. The number of piperazine rings is 1. The van der Waals surface area contributed by atoms with E-state index in [1.54, 1.807) is 18.4 Å². The fraction of sp³-hybridized carbons (Fsp3) is 0.280. The molecule has 0 saturated carbocycles. The molecule has 1 aliphatic heterocycles. The summed E-state index contributed by atoms with van der Waals surface area (Å²) in [6.45, 7) is 3.13. The molecule has 170 valence electrons. The SMILES string of the molecule is COc1cccc(N2CCN(C(=O)CCc3csc4nc(-c5ccc(Cl)cc5)cn34)CC2)c1. The summed E-state index contributed by atoms with van der Waals surface area (Å²) in [6, 6.07) is 15.8. The molecule has 2 aromatic carbocycles. The van der Waals surface area contributed by atoms with E-state index in [1.807, 2.05) is 53.6 Å². The monoisotopic (exact) mass is 480 g/mol. The van der Waals surface area contributed by atoms with Crippen molar-refractivity contribution in [2.75, 3.05) is 38.2 Å². The fourth-order valence-corrected chi connectivity index (χ4v) is 5.22. The topological polar surface area (TPSA) is 50.1 Å². The Morgan fingerprint density at radius 3 is 2.67 bits per heavy atom. The number of hydrogen-bond donors (Lipinski definition) is 0. The van der Waals surface area contributed by atoms with E-state index in [0.717, 1.165) is 59.5 Å². The molecule has 0 N–H and O–H groups in total. The maximum absolute atomic E-state index is 12.9. The number of fused-ring (bicyclic) bond motifs is 1. The van der Waals surface area contributed by atoms with Crippen LogP contribution in [0.5, 0.6) is 5.75 Å². The summed E-state index contributed by atoms with van der Waals surface area (Å²) in [5.41, 5.74) is 4.20. The van der Waals surface area contributed by atoms with Gasteiger partial charge in [0.2, 0.25) is 5.91 Å². The fourth-order valence-electron chi connectivity index (χ4n) is 4.18. The van der Waals surface area contributed by atoms with Crippen LogP contribution in [0.1, 0.15) is 12.1 Å². The number of ether oxygens (including phenoxy) is 1. The highest BCUT2D eigenvalue weighted by Gasteiger charge is 2.22. The van der Waals surface area contributed by atoms with E-state index in [-0.39, 0.29) is 5.91 Å². The summed E-state index contributed by atoms with van der Waals surface area (Å²) in [7, 11) is 1.68. The Balaban J connectivity index is 1.19. The van der Waals surface area contributed by atoms with E-state index >= 15 is 0 Å². The number of hydrogen-bond acceptors (Lipinski definition) is 5. The van der Waals surface area contributed by atoms with Crippen molar-refractivity contribution in [2.24, 2.45) is 0 Å². The van der Waals surface area contributed by atoms with Crippen LogP contribution in [0.15, 0.2) is 60.1 Å². The van der Waals surface area contributed by atoms with Gasteiger partial charge in [0, 0.05) is 72.2 Å². The van der Waals surface area contributed by atoms with Crippen LogP contribution in [0.2, 0.25) is 5.02 Å². The lowest BCUT2D eigenvalue weighted by Crippen LogP contribution is -2.48. The molecule has 0 bridgehead atoms. The molecule has 6 nitrogen and oxygen atoms in total. The van der Waals surface area contributed by atoms with Crippen LogP contribution >= 0.6 is 22.9 Å². The maximum atomic E-state index is 12.9. The molecule has 1 fully saturated rings. The second-order valence-electron chi connectivity index (χ2n) is 8.08. The van der Waals surface area contributed by atoms with E-state index in [0.29, 0.717) is 17.9 Å². The Bertz CT molecular complexity index is 1260. The minimum atomic E-state index is 0.206. The zero-order chi connectivity index (χ0) is 22.8. The molecule has 0 aliphatic carbocycles. The van der Waals surface area contributed by atoms with Crippen LogP contribution in [0.25, 0.3) is 16.2 Å². The third-order valence-electron chi connectivity index (χ3n) is 6.07. The number of amides is 1. The lowest BCUT2D eigenvalue weighted by atomic mass is 10.2. The predicted molar refractivity (Wildman–Crippen MR) is 134 cm³/mol. The van der Waals surface area contributed by atoms with Crippen molar-refractivity contribution in [1.82, 2.24) is 14.3 Å². The number of imidazole rings is 1. The van der Waals surface area contributed by atoms with Crippen LogP contribution in [0, 0.1) is 0 Å². The van der Waals surface area contributed by atoms with Gasteiger partial charge in [-0.3, -0.25) is 9.20 Å². The summed E-state index contributed by atoms with van der Waals surface area (Å²) in [4.78, 5) is 22.8. The maximum Gasteiger partial charge on any atom is 0.223 e. The van der Waals surface area contributed by atoms with Crippen LogP contribution in [-0.4, -0.2) is 53.5 Å². The zero-order valence-corrected chi connectivity index (χ0v) is 20.0. The number of methoxy groups -OCH3 is 1. The smallest absolute Gasteiger partial charge is 0.223 e. The van der Waals surface area contributed by atoms with Crippen molar-refractivity contribution in [3.05, 3.63) is 70.8 Å². The first-order chi connectivity index (χ1) is 16.1. The van der Waals surface area contributed by atoms with Gasteiger partial charge in [0.25, 0.3) is 0 Å². The van der Waals surface area contributed by atoms with Crippen molar-refractivity contribution in [3.63, 3.8) is 0 Å². The molecule has 0 spiro atoms. The van der Waals surface area contributed by atoms with Gasteiger partial charge in [-0.15, -0.1) is 11.3 Å². The van der Waals surface area contributed by atoms with Gasteiger partial charge in [-0.1, -0.05) is 29.8 Å². The Kier molecular flexibility index (Phi) is 6.24. The summed E-state index contributed by atoms with van der Waals surface area (Å²) >= 11 is 7.61. The van der Waals surface area contributed by atoms with E-state index < -0.39 is 0 Å². The number of benzene rings is 2. The van der Waals surface area contributed by atoms with E-state index in [1.165, 1.54) is 0 Å². The Labute approximate surface area is 202 Å². The van der Waals surface area contributed by atoms with Crippen molar-refractivity contribution >= 4 is 39.5 Å². The standard InChI is InChI=1S/C25H25ClN4O2S/c1-32-22-4-2-3-20(15-22)28-11-13-29(14-12-28)24(31)10-9-21-17-33-25-27-23(16-30(21)25)18-5-7-19(26)8-6-18/h2-8,15-17H,9-14H2,1H3. The van der Waals surface area contributed by atoms with Crippen molar-refractivity contribution in [2.45, 2.75) is 12.8 Å². The molecular formula is C25H25ClN4O2S. The molecule has 1 aliphatic rings. The zero-order valence-electron chi connectivity index (χ0n) is 18.4. The number of anilines is 1. The van der Waals surface area contributed by atoms with Crippen LogP contribution in [-0.2, 0) is 11.2 Å². The Morgan fingerprint density at radius 1 is 1.12 bits per heavy atom. The van der Waals surface area contributed by atoms with Gasteiger partial charge in [0.05, 0.1) is 12.8 Å². The number of aryl methyl sites for hydroxylation is 1. The molecule has 8 heteroatoms. The molecule has 5 rings (SSSR count). The minimum Gasteiger partial charge on any atom is -0.497 e. The first-order valence-electron chi connectivity index (χ1n) is 11.0. The number of aromatic nitrogens is 2. The van der Waals surface area contributed by atoms with Gasteiger partial charge in [-0.2, -0.15) is 0 Å². The van der Waals surface area contributed by atoms with E-state index in [4.69, 9.17) is 21.3 Å². The van der Waals surface area contributed by atoms with E-state index in [9.17, 15) is 4.79 Å². The number of rotatable bonds is 6. The van der Waals surface area contributed by atoms with Crippen LogP contribution < -0.4 is 9.64 Å². The Morgan fingerprint density at radius 2 is 1.91 bits per heavy atom. The molecule has 3 heterocycles. The molecule has 1 amide bonds. The lowest BCUT2D eigenvalue weighted by molar-refractivity contribution is -0.131. The Hall–Kier alpha value is -3.03. The molecule has 0 radical (unpaired) electrons. The molecular weight excluding hydrogens is 456 g/mol. The summed E-state index contributed by atoms with van der Waals surface area (Å²) in [6.07, 6.45) is 3.24. The van der Waals surface area contributed by atoms with Gasteiger partial charge in [0.15, 0.2) is 4.96 Å².